The lowest BCUT2D eigenvalue weighted by Crippen LogP contribution is -2.15. The van der Waals surface area contributed by atoms with Gasteiger partial charge >= 0.3 is 0 Å². The quantitative estimate of drug-likeness (QED) is 0.729. The molecule has 0 heterocycles. The zero-order valence-corrected chi connectivity index (χ0v) is 8.99. The molecule has 0 saturated carbocycles. The third-order valence-electron chi connectivity index (χ3n) is 2.09. The molecule has 0 amide bonds. The van der Waals surface area contributed by atoms with Crippen LogP contribution in [-0.4, -0.2) is 12.6 Å². The number of hydrogen-bond donors (Lipinski definition) is 1. The molecule has 2 heteroatoms. The summed E-state index contributed by atoms with van der Waals surface area (Å²) in [5.74, 6) is 0.945. The molecule has 0 radical (unpaired) electrons. The maximum absolute atomic E-state index is 5.64. The lowest BCUT2D eigenvalue weighted by atomic mass is 10.2. The number of hydrogen-bond acceptors (Lipinski definition) is 2. The van der Waals surface area contributed by atoms with Crippen molar-refractivity contribution in [2.45, 2.75) is 32.7 Å². The molecule has 1 aromatic carbocycles. The van der Waals surface area contributed by atoms with Gasteiger partial charge in [-0.1, -0.05) is 17.7 Å². The molecular weight excluding hydrogens is 174 g/mol. The van der Waals surface area contributed by atoms with Gasteiger partial charge in [0.25, 0.3) is 0 Å². The van der Waals surface area contributed by atoms with Crippen LogP contribution in [0.5, 0.6) is 5.75 Å². The van der Waals surface area contributed by atoms with Crippen molar-refractivity contribution in [3.63, 3.8) is 0 Å². The molecule has 78 valence electrons. The average Bonchev–Trinajstić information content (AvgIpc) is 2.15. The van der Waals surface area contributed by atoms with E-state index in [2.05, 4.69) is 19.1 Å². The SMILES string of the molecule is Cc1ccc(OCCCC(C)N)cc1. The fraction of sp³-hybridized carbons (Fsp3) is 0.500. The first-order chi connectivity index (χ1) is 6.68. The number of rotatable bonds is 5. The molecule has 0 aliphatic heterocycles. The van der Waals surface area contributed by atoms with Gasteiger partial charge in [-0.3, -0.25) is 0 Å². The molecule has 0 fully saturated rings. The molecule has 0 aromatic heterocycles. The van der Waals surface area contributed by atoms with E-state index >= 15 is 0 Å². The van der Waals surface area contributed by atoms with Gasteiger partial charge in [-0.05, 0) is 38.8 Å². The zero-order valence-electron chi connectivity index (χ0n) is 8.99. The minimum Gasteiger partial charge on any atom is -0.494 e. The summed E-state index contributed by atoms with van der Waals surface area (Å²) in [7, 11) is 0. The van der Waals surface area contributed by atoms with Crippen LogP contribution < -0.4 is 10.5 Å². The van der Waals surface area contributed by atoms with Crippen LogP contribution in [0, 0.1) is 6.92 Å². The van der Waals surface area contributed by atoms with Crippen LogP contribution >= 0.6 is 0 Å². The van der Waals surface area contributed by atoms with Crippen molar-refractivity contribution in [2.75, 3.05) is 6.61 Å². The van der Waals surface area contributed by atoms with Crippen LogP contribution in [0.1, 0.15) is 25.3 Å². The Balaban J connectivity index is 2.21. The number of ether oxygens (including phenoxy) is 1. The molecule has 1 unspecified atom stereocenters. The van der Waals surface area contributed by atoms with Crippen molar-refractivity contribution in [2.24, 2.45) is 5.73 Å². The summed E-state index contributed by atoms with van der Waals surface area (Å²) in [5, 5.41) is 0. The molecule has 0 saturated heterocycles. The predicted octanol–water partition coefficient (Wildman–Crippen LogP) is 2.50. The third kappa shape index (κ3) is 4.28. The van der Waals surface area contributed by atoms with Gasteiger partial charge in [0.1, 0.15) is 5.75 Å². The van der Waals surface area contributed by atoms with E-state index in [1.54, 1.807) is 0 Å². The van der Waals surface area contributed by atoms with Gasteiger partial charge in [0, 0.05) is 6.04 Å². The Morgan fingerprint density at radius 1 is 1.29 bits per heavy atom. The van der Waals surface area contributed by atoms with Crippen molar-refractivity contribution in [3.8, 4) is 5.75 Å². The molecule has 0 aliphatic carbocycles. The fourth-order valence-corrected chi connectivity index (χ4v) is 1.23. The molecular formula is C12H19NO. The van der Waals surface area contributed by atoms with Gasteiger partial charge in [0.05, 0.1) is 6.61 Å². The van der Waals surface area contributed by atoms with Crippen LogP contribution in [0.15, 0.2) is 24.3 Å². The van der Waals surface area contributed by atoms with E-state index in [-0.39, 0.29) is 6.04 Å². The van der Waals surface area contributed by atoms with E-state index in [1.165, 1.54) is 5.56 Å². The lowest BCUT2D eigenvalue weighted by Gasteiger charge is -2.07. The maximum Gasteiger partial charge on any atom is 0.119 e. The predicted molar refractivity (Wildman–Crippen MR) is 59.6 cm³/mol. The average molecular weight is 193 g/mol. The highest BCUT2D eigenvalue weighted by molar-refractivity contribution is 5.26. The second-order valence-electron chi connectivity index (χ2n) is 3.78. The van der Waals surface area contributed by atoms with E-state index in [1.807, 2.05) is 19.1 Å². The lowest BCUT2D eigenvalue weighted by molar-refractivity contribution is 0.303. The number of nitrogens with two attached hydrogens (primary N) is 1. The van der Waals surface area contributed by atoms with Crippen molar-refractivity contribution in [1.29, 1.82) is 0 Å². The highest BCUT2D eigenvalue weighted by Gasteiger charge is 1.95. The maximum atomic E-state index is 5.64. The summed E-state index contributed by atoms with van der Waals surface area (Å²) in [6.45, 7) is 4.84. The van der Waals surface area contributed by atoms with Crippen molar-refractivity contribution >= 4 is 0 Å². The van der Waals surface area contributed by atoms with E-state index in [4.69, 9.17) is 10.5 Å². The Bertz CT molecular complexity index is 254. The van der Waals surface area contributed by atoms with Crippen LogP contribution in [0.4, 0.5) is 0 Å². The molecule has 2 nitrogen and oxygen atoms in total. The molecule has 14 heavy (non-hydrogen) atoms. The largest absolute Gasteiger partial charge is 0.494 e. The molecule has 0 spiro atoms. The Morgan fingerprint density at radius 2 is 1.93 bits per heavy atom. The first-order valence-electron chi connectivity index (χ1n) is 5.13. The molecule has 0 aliphatic rings. The summed E-state index contributed by atoms with van der Waals surface area (Å²) >= 11 is 0. The molecule has 1 rings (SSSR count). The van der Waals surface area contributed by atoms with Gasteiger partial charge in [-0.2, -0.15) is 0 Å². The van der Waals surface area contributed by atoms with Crippen LogP contribution in [0.25, 0.3) is 0 Å². The molecule has 1 aromatic rings. The molecule has 2 N–H and O–H groups in total. The summed E-state index contributed by atoms with van der Waals surface area (Å²) in [6, 6.07) is 8.39. The minimum atomic E-state index is 0.275. The third-order valence-corrected chi connectivity index (χ3v) is 2.09. The number of aryl methyl sites for hydroxylation is 1. The van der Waals surface area contributed by atoms with Crippen molar-refractivity contribution in [1.82, 2.24) is 0 Å². The highest BCUT2D eigenvalue weighted by atomic mass is 16.5. The van der Waals surface area contributed by atoms with E-state index in [0.29, 0.717) is 0 Å². The Kier molecular flexibility index (Phi) is 4.47. The fourth-order valence-electron chi connectivity index (χ4n) is 1.23. The van der Waals surface area contributed by atoms with Gasteiger partial charge in [-0.25, -0.2) is 0 Å². The summed E-state index contributed by atoms with van der Waals surface area (Å²) in [5.41, 5.74) is 6.89. The van der Waals surface area contributed by atoms with E-state index in [0.717, 1.165) is 25.2 Å². The van der Waals surface area contributed by atoms with E-state index < -0.39 is 0 Å². The Morgan fingerprint density at radius 3 is 2.50 bits per heavy atom. The number of benzene rings is 1. The minimum absolute atomic E-state index is 0.275. The van der Waals surface area contributed by atoms with E-state index in [9.17, 15) is 0 Å². The topological polar surface area (TPSA) is 35.2 Å². The molecule has 0 bridgehead atoms. The summed E-state index contributed by atoms with van der Waals surface area (Å²) < 4.78 is 5.56. The van der Waals surface area contributed by atoms with Crippen LogP contribution in [0.2, 0.25) is 0 Å². The van der Waals surface area contributed by atoms with Crippen LogP contribution in [0.3, 0.4) is 0 Å². The summed E-state index contributed by atoms with van der Waals surface area (Å²) in [4.78, 5) is 0. The second kappa shape index (κ2) is 5.66. The van der Waals surface area contributed by atoms with Crippen molar-refractivity contribution in [3.05, 3.63) is 29.8 Å². The zero-order chi connectivity index (χ0) is 10.4. The first-order valence-corrected chi connectivity index (χ1v) is 5.13. The van der Waals surface area contributed by atoms with Crippen LogP contribution in [-0.2, 0) is 0 Å². The van der Waals surface area contributed by atoms with Gasteiger partial charge in [0.2, 0.25) is 0 Å². The highest BCUT2D eigenvalue weighted by Crippen LogP contribution is 2.11. The van der Waals surface area contributed by atoms with Gasteiger partial charge in [-0.15, -0.1) is 0 Å². The first kappa shape index (κ1) is 11.1. The standard InChI is InChI=1S/C12H19NO/c1-10-5-7-12(8-6-10)14-9-3-4-11(2)13/h5-8,11H,3-4,9,13H2,1-2H3. The van der Waals surface area contributed by atoms with Crippen molar-refractivity contribution < 1.29 is 4.74 Å². The Labute approximate surface area is 86.1 Å². The smallest absolute Gasteiger partial charge is 0.119 e. The normalized spacial score (nSPS) is 12.5. The van der Waals surface area contributed by atoms with Gasteiger partial charge < -0.3 is 10.5 Å². The monoisotopic (exact) mass is 193 g/mol. The Hall–Kier alpha value is -1.02. The molecule has 1 atom stereocenters. The van der Waals surface area contributed by atoms with Gasteiger partial charge in [0.15, 0.2) is 0 Å². The summed E-state index contributed by atoms with van der Waals surface area (Å²) in [6.07, 6.45) is 2.04. The second-order valence-corrected chi connectivity index (χ2v) is 3.78.